The number of rotatable bonds is 24. The van der Waals surface area contributed by atoms with Crippen molar-refractivity contribution in [3.63, 3.8) is 0 Å². The van der Waals surface area contributed by atoms with E-state index in [1.54, 1.807) is 13.8 Å². The van der Waals surface area contributed by atoms with Crippen LogP contribution in [0.15, 0.2) is 132 Å². The highest BCUT2D eigenvalue weighted by molar-refractivity contribution is 7.94. The second kappa shape index (κ2) is 37.2. The summed E-state index contributed by atoms with van der Waals surface area (Å²) in [4.78, 5) is 98.9. The number of aromatic nitrogens is 4. The molecule has 0 atom stereocenters. The zero-order valence-corrected chi connectivity index (χ0v) is 68.6. The molecular formula is C80H84N12O20S8. The van der Waals surface area contributed by atoms with E-state index in [2.05, 4.69) is 25.1 Å². The van der Waals surface area contributed by atoms with Crippen molar-refractivity contribution in [1.29, 1.82) is 0 Å². The molecule has 4 aromatic carbocycles. The van der Waals surface area contributed by atoms with Gasteiger partial charge in [0.15, 0.2) is 34.4 Å². The van der Waals surface area contributed by atoms with Gasteiger partial charge in [-0.05, 0) is 252 Å². The molecule has 0 spiro atoms. The number of thiophene rings is 4. The van der Waals surface area contributed by atoms with Crippen LogP contribution in [0.1, 0.15) is 246 Å². The van der Waals surface area contributed by atoms with Crippen molar-refractivity contribution < 1.29 is 151 Å². The van der Waals surface area contributed by atoms with Crippen molar-refractivity contribution in [3.05, 3.63) is 226 Å². The van der Waals surface area contributed by atoms with Gasteiger partial charge in [0.05, 0.1) is 45.5 Å². The van der Waals surface area contributed by atoms with Gasteiger partial charge in [-0.15, -0.1) is 45.3 Å². The van der Waals surface area contributed by atoms with Gasteiger partial charge in [-0.2, -0.15) is 0 Å². The van der Waals surface area contributed by atoms with Gasteiger partial charge in [0.2, 0.25) is 23.5 Å². The molecule has 0 bridgehead atoms. The van der Waals surface area contributed by atoms with Gasteiger partial charge in [0, 0.05) is 93.9 Å². The zero-order valence-electron chi connectivity index (χ0n) is 106. The molecule has 8 N–H and O–H groups in total. The van der Waals surface area contributed by atoms with Crippen LogP contribution in [-0.2, 0) is 40.1 Å². The lowest BCUT2D eigenvalue weighted by molar-refractivity contribution is 0.100. The molecule has 120 heavy (non-hydrogen) atoms. The van der Waals surface area contributed by atoms with Crippen molar-refractivity contribution >= 4 is 178 Å². The van der Waals surface area contributed by atoms with Crippen LogP contribution in [0.3, 0.4) is 0 Å². The predicted octanol–water partition coefficient (Wildman–Crippen LogP) is 16.9. The Bertz CT molecular complexity index is 8410. The van der Waals surface area contributed by atoms with E-state index in [1.165, 1.54) is 71.2 Å². The number of hydrogen-bond donors (Lipinski definition) is 8. The Balaban J connectivity index is 0.000000241. The fourth-order valence-electron chi connectivity index (χ4n) is 9.95. The number of amides is 4. The molecule has 8 aromatic heterocycles. The largest absolute Gasteiger partial charge is 0.337 e. The van der Waals surface area contributed by atoms with E-state index >= 15 is 0 Å². The van der Waals surface area contributed by atoms with Crippen molar-refractivity contribution in [2.45, 2.75) is 157 Å². The molecular weight excluding hydrogens is 1710 g/mol. The fourth-order valence-corrected chi connectivity index (χ4v) is 18.9. The van der Waals surface area contributed by atoms with Gasteiger partial charge in [-0.25, -0.2) is 52.5 Å². The molecule has 40 heteroatoms. The first-order chi connectivity index (χ1) is 74.0. The van der Waals surface area contributed by atoms with E-state index < -0.39 is 321 Å². The van der Waals surface area contributed by atoms with Crippen LogP contribution < -0.4 is 40.1 Å². The van der Waals surface area contributed by atoms with E-state index in [-0.39, 0.29) is 74.7 Å². The molecule has 632 valence electrons. The summed E-state index contributed by atoms with van der Waals surface area (Å²) in [6, 6.07) is 11.3. The maximum atomic E-state index is 13.6. The van der Waals surface area contributed by atoms with E-state index in [1.807, 2.05) is 0 Å². The normalized spacial score (nSPS) is 18.0. The predicted molar refractivity (Wildman–Crippen MR) is 460 cm³/mol. The summed E-state index contributed by atoms with van der Waals surface area (Å²) >= 11 is 2.04. The lowest BCUT2D eigenvalue weighted by atomic mass is 10.0. The number of hydrogen-bond acceptors (Lipinski definition) is 28. The number of sulfonamides is 4. The smallest absolute Gasteiger partial charge is 0.267 e. The number of nitrogens with one attached hydrogen (secondary N) is 8. The second-order valence-corrected chi connectivity index (χ2v) is 34.3. The van der Waals surface area contributed by atoms with Gasteiger partial charge in [0.25, 0.3) is 63.7 Å². The van der Waals surface area contributed by atoms with E-state index in [0.29, 0.717) is 80.7 Å². The lowest BCUT2D eigenvalue weighted by Gasteiger charge is -2.14. The number of ketones is 4. The third-order valence-corrected chi connectivity index (χ3v) is 25.0. The van der Waals surface area contributed by atoms with Crippen LogP contribution in [0.2, 0.25) is 11.3 Å². The molecule has 32 nitrogen and oxygen atoms in total. The van der Waals surface area contributed by atoms with Crippen LogP contribution in [0.5, 0.6) is 0 Å². The first-order valence-electron chi connectivity index (χ1n) is 54.1. The first-order valence-corrected chi connectivity index (χ1v) is 41.8. The van der Waals surface area contributed by atoms with E-state index in [9.17, 15) is 72.0 Å². The maximum absolute atomic E-state index is 13.6. The van der Waals surface area contributed by atoms with Crippen LogP contribution in [0.25, 0.3) is 0 Å². The molecule has 4 amide bonds. The Kier molecular flexibility index (Phi) is 15.0. The van der Waals surface area contributed by atoms with Gasteiger partial charge < -0.3 is 39.3 Å². The molecule has 0 aliphatic heterocycles. The van der Waals surface area contributed by atoms with Crippen molar-refractivity contribution in [2.24, 2.45) is 0 Å². The molecule has 0 aliphatic carbocycles. The van der Waals surface area contributed by atoms with E-state index in [4.69, 9.17) is 74.2 Å². The average Bonchev–Trinajstić information content (AvgIpc) is 1.14. The second-order valence-electron chi connectivity index (χ2n) is 24.3. The summed E-state index contributed by atoms with van der Waals surface area (Å²) in [5.41, 5.74) is -11.8. The number of Topliss-reactive ketones (excluding diaryl/α,β-unsaturated/α-hetero) is 4. The maximum Gasteiger partial charge on any atom is 0.267 e. The van der Waals surface area contributed by atoms with Gasteiger partial charge in [-0.3, -0.25) is 38.4 Å². The van der Waals surface area contributed by atoms with Crippen LogP contribution in [0.4, 0.5) is 46.3 Å². The van der Waals surface area contributed by atoms with Gasteiger partial charge in [0.1, 0.15) is 39.1 Å². The zero-order chi connectivity index (χ0) is 126. The Hall–Kier alpha value is -11.9. The van der Waals surface area contributed by atoms with Gasteiger partial charge >= 0.3 is 0 Å². The SMILES string of the molecule is [2H]N(C(=O)c1sccc1S(=O)(=O)N([2H])c1onc(C([2H])([2H])[2H])c1C([2H])([2H])[2H])c1c(C)cc(C)cc1C(=O)C([2H])([2H])[2H].[2H]N(C(=O)c1sccc1S(=O)(=O)N([2H])c1onc(C([2H])([2H])[2H])c1C)c1c(C)cc(C)cc1C(=O)C([2H])([2H])[2H].[2H]N(C(=O)c1sccc1S(=O)(=O)N([2H])c1onc(C)c1C([2H])([2H])[2H])c1c(C(=O)C([2H])([2H])[2H])cc(C([2H])([2H])[2H])cc1C([2H])([2H])[2H].[2H]N(C(=O)c1sccc1S(=O)(=O)N([2H])c1onc(C)c1C)c1c(C(=O)C([2H])([2H])[2H])cc(C([2H])([2H])[2H])cc1C([2H])([2H])[2H]. The number of nitrogens with zero attached hydrogens (tertiary/aromatic N) is 4. The quantitative estimate of drug-likeness (QED) is 0.0260. The highest BCUT2D eigenvalue weighted by atomic mass is 32.2. The number of carbonyl (C=O) groups is 8. The van der Waals surface area contributed by atoms with Crippen LogP contribution in [0, 0.1) is 110 Å². The molecule has 0 saturated carbocycles. The van der Waals surface area contributed by atoms with Gasteiger partial charge in [-0.1, -0.05) is 44.9 Å². The highest BCUT2D eigenvalue weighted by Crippen LogP contribution is 2.36. The third kappa shape index (κ3) is 21.0. The minimum atomic E-state index is -5.17. The highest BCUT2D eigenvalue weighted by Gasteiger charge is 2.33. The summed E-state index contributed by atoms with van der Waals surface area (Å²) < 4.78 is 465. The lowest BCUT2D eigenvalue weighted by Crippen LogP contribution is -2.20. The number of aryl methyl sites for hydroxylation is 12. The Labute approximate surface area is 770 Å². The van der Waals surface area contributed by atoms with Crippen molar-refractivity contribution in [2.75, 3.05) is 40.1 Å². The Morgan fingerprint density at radius 1 is 0.317 bits per heavy atom. The third-order valence-electron chi connectivity index (χ3n) is 15.7. The van der Waals surface area contributed by atoms with Crippen LogP contribution in [-0.4, -0.2) is 101 Å². The Morgan fingerprint density at radius 3 is 0.833 bits per heavy atom. The molecule has 0 unspecified atom stereocenters. The number of anilines is 8. The molecule has 12 aromatic rings. The molecule has 8 heterocycles. The monoisotopic (exact) mass is 1830 g/mol. The van der Waals surface area contributed by atoms with Crippen molar-refractivity contribution in [1.82, 2.24) is 20.6 Å². The molecule has 0 saturated heterocycles. The first kappa shape index (κ1) is 48.4. The summed E-state index contributed by atoms with van der Waals surface area (Å²) in [6.45, 7) is -26.5. The number of benzene rings is 4. The summed E-state index contributed by atoms with van der Waals surface area (Å²) in [5.74, 6) is -15.3. The average molecular weight is 1830 g/mol. The molecule has 0 aliphatic rings. The van der Waals surface area contributed by atoms with E-state index in [0.717, 1.165) is 40.4 Å². The summed E-state index contributed by atoms with van der Waals surface area (Å²) in [5, 5.41) is 18.0. The van der Waals surface area contributed by atoms with Crippen molar-refractivity contribution in [3.8, 4) is 0 Å². The number of carbonyl (C=O) groups excluding carboxylic acids is 8. The topological polar surface area (TPSA) is 473 Å². The Morgan fingerprint density at radius 2 is 0.567 bits per heavy atom. The summed E-state index contributed by atoms with van der Waals surface area (Å²) in [6.07, 6.45) is 0. The molecule has 12 rings (SSSR count). The van der Waals surface area contributed by atoms with Crippen LogP contribution >= 0.6 is 45.3 Å². The standard InChI is InChI=1S/4C20H21N3O5S2/c4*1-10-8-11(2)17(15(9-10)14(5)24)21-19(25)18-16(6-7-29-18)30(26,27)23-20-12(3)13(4)22-28-20/h4*6-9,23H,1-5H3,(H,21,25)/i1D3,2D3,3D3,5D3;3D3,4D3,5D3;1D3,2D3,5D3;4D3,5D3/hD8. The molecule has 0 fully saturated rings. The minimum Gasteiger partial charge on any atom is -0.337 e. The minimum absolute atomic E-state index is 0.0297. The summed E-state index contributed by atoms with van der Waals surface area (Å²) in [7, 11) is -20.1. The fraction of sp³-hybridized carbons (Fsp3) is 0.250. The molecule has 0 radical (unpaired) electrons.